The van der Waals surface area contributed by atoms with Crippen molar-refractivity contribution < 1.29 is 13.7 Å². The van der Waals surface area contributed by atoms with Crippen LogP contribution in [0.4, 0.5) is 0 Å². The number of aryl methyl sites for hydroxylation is 2. The second-order valence-corrected chi connectivity index (χ2v) is 7.48. The molecular weight excluding hydrogens is 318 g/mol. The second-order valence-electron chi connectivity index (χ2n) is 7.48. The molecule has 2 fully saturated rings. The van der Waals surface area contributed by atoms with Gasteiger partial charge in [0.05, 0.1) is 5.92 Å². The van der Waals surface area contributed by atoms with Crippen molar-refractivity contribution in [2.24, 2.45) is 5.92 Å². The zero-order valence-corrected chi connectivity index (χ0v) is 14.9. The van der Waals surface area contributed by atoms with E-state index in [0.717, 1.165) is 36.8 Å². The molecule has 0 unspecified atom stereocenters. The van der Waals surface area contributed by atoms with Crippen LogP contribution in [0.25, 0.3) is 0 Å². The molecule has 2 aliphatic rings. The highest BCUT2D eigenvalue weighted by Crippen LogP contribution is 2.47. The van der Waals surface area contributed by atoms with Crippen molar-refractivity contribution >= 4 is 5.91 Å². The van der Waals surface area contributed by atoms with Gasteiger partial charge >= 0.3 is 0 Å². The lowest BCUT2D eigenvalue weighted by atomic mass is 9.97. The van der Waals surface area contributed by atoms with Crippen LogP contribution in [0.5, 0.6) is 0 Å². The smallest absolute Gasteiger partial charge is 0.231 e. The largest absolute Gasteiger partial charge is 0.466 e. The van der Waals surface area contributed by atoms with Crippen LogP contribution in [0.1, 0.15) is 67.7 Å². The number of carbonyl (C=O) groups excluding carboxylic acids is 1. The molecule has 6 heteroatoms. The van der Waals surface area contributed by atoms with Gasteiger partial charge in [0, 0.05) is 31.8 Å². The highest BCUT2D eigenvalue weighted by molar-refractivity contribution is 5.76. The molecule has 1 amide bonds. The Bertz CT molecular complexity index is 751. The molecule has 2 aromatic heterocycles. The van der Waals surface area contributed by atoms with E-state index in [9.17, 15) is 4.79 Å². The lowest BCUT2D eigenvalue weighted by Crippen LogP contribution is -2.39. The number of aromatic nitrogens is 2. The first kappa shape index (κ1) is 16.4. The molecule has 3 heterocycles. The Kier molecular flexibility index (Phi) is 4.36. The van der Waals surface area contributed by atoms with Gasteiger partial charge in [-0.25, -0.2) is 0 Å². The Morgan fingerprint density at radius 3 is 2.96 bits per heavy atom. The van der Waals surface area contributed by atoms with Gasteiger partial charge in [-0.3, -0.25) is 4.79 Å². The number of rotatable bonds is 5. The standard InChI is InChI=1S/C19H25N3O3/c1-12-10-16(12)17-7-5-15(24-17)6-8-18(23)22-9-3-4-14(11-22)19-20-13(2)21-25-19/h5,7,12,14,16H,3-4,6,8-11H2,1-2H3/t12-,14+,16+/m0/s1. The molecule has 0 spiro atoms. The number of piperidine rings is 1. The third kappa shape index (κ3) is 3.62. The Morgan fingerprint density at radius 2 is 2.24 bits per heavy atom. The molecule has 0 bridgehead atoms. The molecule has 1 saturated heterocycles. The van der Waals surface area contributed by atoms with Crippen LogP contribution < -0.4 is 0 Å². The summed E-state index contributed by atoms with van der Waals surface area (Å²) < 4.78 is 11.2. The van der Waals surface area contributed by atoms with E-state index in [4.69, 9.17) is 8.94 Å². The molecule has 0 aromatic carbocycles. The van der Waals surface area contributed by atoms with E-state index in [0.29, 0.717) is 37.0 Å². The van der Waals surface area contributed by atoms with Gasteiger partial charge in [-0.2, -0.15) is 4.98 Å². The maximum absolute atomic E-state index is 12.6. The summed E-state index contributed by atoms with van der Waals surface area (Å²) >= 11 is 0. The van der Waals surface area contributed by atoms with E-state index >= 15 is 0 Å². The minimum Gasteiger partial charge on any atom is -0.466 e. The summed E-state index contributed by atoms with van der Waals surface area (Å²) in [5.74, 6) is 4.97. The molecule has 4 rings (SSSR count). The number of amides is 1. The van der Waals surface area contributed by atoms with Crippen molar-refractivity contribution in [3.63, 3.8) is 0 Å². The molecule has 1 aliphatic carbocycles. The van der Waals surface area contributed by atoms with Crippen LogP contribution in [0.15, 0.2) is 21.1 Å². The minimum absolute atomic E-state index is 0.158. The average Bonchev–Trinajstić information content (AvgIpc) is 3.02. The van der Waals surface area contributed by atoms with Gasteiger partial charge in [-0.1, -0.05) is 12.1 Å². The monoisotopic (exact) mass is 343 g/mol. The van der Waals surface area contributed by atoms with E-state index in [2.05, 4.69) is 23.1 Å². The van der Waals surface area contributed by atoms with Crippen LogP contribution in [0.2, 0.25) is 0 Å². The lowest BCUT2D eigenvalue weighted by Gasteiger charge is -2.31. The molecule has 1 saturated carbocycles. The lowest BCUT2D eigenvalue weighted by molar-refractivity contribution is -0.132. The number of hydrogen-bond acceptors (Lipinski definition) is 5. The summed E-state index contributed by atoms with van der Waals surface area (Å²) in [7, 11) is 0. The average molecular weight is 343 g/mol. The maximum Gasteiger partial charge on any atom is 0.231 e. The van der Waals surface area contributed by atoms with Crippen LogP contribution in [-0.4, -0.2) is 34.0 Å². The predicted octanol–water partition coefficient (Wildman–Crippen LogP) is 3.43. The number of carbonyl (C=O) groups is 1. The molecule has 25 heavy (non-hydrogen) atoms. The van der Waals surface area contributed by atoms with Gasteiger partial charge in [-0.15, -0.1) is 0 Å². The minimum atomic E-state index is 0.158. The fraction of sp³-hybridized carbons (Fsp3) is 0.632. The fourth-order valence-corrected chi connectivity index (χ4v) is 3.72. The summed E-state index contributed by atoms with van der Waals surface area (Å²) in [6, 6.07) is 4.09. The summed E-state index contributed by atoms with van der Waals surface area (Å²) in [6.07, 6.45) is 4.34. The van der Waals surface area contributed by atoms with Crippen molar-refractivity contribution in [2.75, 3.05) is 13.1 Å². The van der Waals surface area contributed by atoms with Crippen molar-refractivity contribution in [2.45, 2.75) is 57.8 Å². The van der Waals surface area contributed by atoms with Gasteiger partial charge in [0.1, 0.15) is 11.5 Å². The van der Waals surface area contributed by atoms with Gasteiger partial charge in [0.15, 0.2) is 5.82 Å². The second kappa shape index (κ2) is 6.65. The predicted molar refractivity (Wildman–Crippen MR) is 91.1 cm³/mol. The molecule has 0 radical (unpaired) electrons. The molecule has 0 N–H and O–H groups in total. The maximum atomic E-state index is 12.6. The molecule has 1 aliphatic heterocycles. The molecule has 134 valence electrons. The first-order chi connectivity index (χ1) is 12.1. The number of hydrogen-bond donors (Lipinski definition) is 0. The van der Waals surface area contributed by atoms with Crippen LogP contribution in [0, 0.1) is 12.8 Å². The highest BCUT2D eigenvalue weighted by Gasteiger charge is 2.36. The number of furan rings is 1. The van der Waals surface area contributed by atoms with E-state index in [1.807, 2.05) is 17.9 Å². The summed E-state index contributed by atoms with van der Waals surface area (Å²) in [4.78, 5) is 18.8. The summed E-state index contributed by atoms with van der Waals surface area (Å²) in [6.45, 7) is 5.54. The first-order valence-corrected chi connectivity index (χ1v) is 9.26. The van der Waals surface area contributed by atoms with Gasteiger partial charge in [0.25, 0.3) is 0 Å². The molecule has 3 atom stereocenters. The number of nitrogens with zero attached hydrogens (tertiary/aromatic N) is 3. The number of likely N-dealkylation sites (tertiary alicyclic amines) is 1. The zero-order chi connectivity index (χ0) is 17.4. The van der Waals surface area contributed by atoms with Crippen LogP contribution >= 0.6 is 0 Å². The SMILES string of the molecule is Cc1noc([C@@H]2CCCN(C(=O)CCc3ccc([C@@H]4C[C@@H]4C)o3)C2)n1. The molecular formula is C19H25N3O3. The normalized spacial score (nSPS) is 26.0. The van der Waals surface area contributed by atoms with Crippen molar-refractivity contribution in [1.82, 2.24) is 15.0 Å². The Morgan fingerprint density at radius 1 is 1.40 bits per heavy atom. The van der Waals surface area contributed by atoms with Gasteiger partial charge in [-0.05, 0) is 44.2 Å². The Labute approximate surface area is 147 Å². The zero-order valence-electron chi connectivity index (χ0n) is 14.9. The Hall–Kier alpha value is -2.11. The van der Waals surface area contributed by atoms with Gasteiger partial charge < -0.3 is 13.8 Å². The van der Waals surface area contributed by atoms with Crippen molar-refractivity contribution in [1.29, 1.82) is 0 Å². The van der Waals surface area contributed by atoms with E-state index < -0.39 is 0 Å². The van der Waals surface area contributed by atoms with Crippen molar-refractivity contribution in [3.05, 3.63) is 35.4 Å². The Balaban J connectivity index is 1.30. The molecule has 2 aromatic rings. The molecule has 6 nitrogen and oxygen atoms in total. The first-order valence-electron chi connectivity index (χ1n) is 9.26. The highest BCUT2D eigenvalue weighted by atomic mass is 16.5. The van der Waals surface area contributed by atoms with Crippen LogP contribution in [-0.2, 0) is 11.2 Å². The summed E-state index contributed by atoms with van der Waals surface area (Å²) in [5, 5.41) is 3.86. The van der Waals surface area contributed by atoms with Gasteiger partial charge in [0.2, 0.25) is 11.8 Å². The topological polar surface area (TPSA) is 72.4 Å². The van der Waals surface area contributed by atoms with Crippen molar-refractivity contribution in [3.8, 4) is 0 Å². The van der Waals surface area contributed by atoms with E-state index in [-0.39, 0.29) is 11.8 Å². The third-order valence-electron chi connectivity index (χ3n) is 5.41. The third-order valence-corrected chi connectivity index (χ3v) is 5.41. The van der Waals surface area contributed by atoms with E-state index in [1.165, 1.54) is 6.42 Å². The van der Waals surface area contributed by atoms with Crippen LogP contribution in [0.3, 0.4) is 0 Å². The quantitative estimate of drug-likeness (QED) is 0.831. The summed E-state index contributed by atoms with van der Waals surface area (Å²) in [5.41, 5.74) is 0. The van der Waals surface area contributed by atoms with E-state index in [1.54, 1.807) is 0 Å². The fourth-order valence-electron chi connectivity index (χ4n) is 3.72.